The summed E-state index contributed by atoms with van der Waals surface area (Å²) in [6.45, 7) is 0. The Morgan fingerprint density at radius 1 is 0.714 bits per heavy atom. The van der Waals surface area contributed by atoms with Crippen molar-refractivity contribution in [3.8, 4) is 22.3 Å². The Morgan fingerprint density at radius 2 is 1.24 bits per heavy atom. The van der Waals surface area contributed by atoms with Crippen molar-refractivity contribution in [2.24, 2.45) is 0 Å². The molecule has 21 heavy (non-hydrogen) atoms. The van der Waals surface area contributed by atoms with Crippen LogP contribution >= 0.6 is 22.6 Å². The van der Waals surface area contributed by atoms with Crippen LogP contribution in [0.3, 0.4) is 0 Å². The number of benzene rings is 2. The van der Waals surface area contributed by atoms with Gasteiger partial charge in [0.05, 0.1) is 0 Å². The molecule has 3 rings (SSSR count). The van der Waals surface area contributed by atoms with Gasteiger partial charge in [0.1, 0.15) is 15.3 Å². The predicted molar refractivity (Wildman–Crippen MR) is 87.7 cm³/mol. The molecule has 0 spiro atoms. The molecule has 2 aromatic carbocycles. The molecule has 1 nitrogen and oxygen atoms in total. The maximum atomic E-state index is 13.0. The number of hydrogen-bond donors (Lipinski definition) is 0. The maximum Gasteiger partial charge on any atom is 0.123 e. The van der Waals surface area contributed by atoms with Crippen molar-refractivity contribution in [3.63, 3.8) is 0 Å². The van der Waals surface area contributed by atoms with E-state index in [0.29, 0.717) is 0 Å². The van der Waals surface area contributed by atoms with Crippen LogP contribution in [0.4, 0.5) is 8.78 Å². The molecule has 4 heteroatoms. The van der Waals surface area contributed by atoms with Gasteiger partial charge in [-0.2, -0.15) is 0 Å². The van der Waals surface area contributed by atoms with Crippen molar-refractivity contribution in [3.05, 3.63) is 76.1 Å². The van der Waals surface area contributed by atoms with Gasteiger partial charge in [-0.3, -0.25) is 0 Å². The molecule has 0 amide bonds. The molecule has 0 fully saturated rings. The van der Waals surface area contributed by atoms with Crippen LogP contribution in [0.5, 0.6) is 0 Å². The third-order valence-corrected chi connectivity index (χ3v) is 4.03. The van der Waals surface area contributed by atoms with E-state index < -0.39 is 0 Å². The van der Waals surface area contributed by atoms with Gasteiger partial charge in [0.2, 0.25) is 0 Å². The first-order valence-electron chi connectivity index (χ1n) is 6.31. The van der Waals surface area contributed by atoms with Gasteiger partial charge in [0.25, 0.3) is 0 Å². The van der Waals surface area contributed by atoms with E-state index in [4.69, 9.17) is 0 Å². The zero-order chi connectivity index (χ0) is 14.8. The first-order chi connectivity index (χ1) is 10.1. The minimum Gasteiger partial charge on any atom is -0.249 e. The van der Waals surface area contributed by atoms with E-state index in [9.17, 15) is 8.78 Å². The highest BCUT2D eigenvalue weighted by Crippen LogP contribution is 2.29. The average Bonchev–Trinajstić information content (AvgIpc) is 2.50. The number of pyridine rings is 1. The quantitative estimate of drug-likeness (QED) is 0.426. The van der Waals surface area contributed by atoms with Crippen molar-refractivity contribution in [2.45, 2.75) is 0 Å². The highest BCUT2D eigenvalue weighted by molar-refractivity contribution is 14.1. The Labute approximate surface area is 134 Å². The first-order valence-corrected chi connectivity index (χ1v) is 7.39. The van der Waals surface area contributed by atoms with E-state index in [-0.39, 0.29) is 11.6 Å². The molecule has 0 saturated carbocycles. The molecule has 0 aliphatic rings. The third-order valence-electron chi connectivity index (χ3n) is 3.17. The molecule has 0 aliphatic heterocycles. The number of nitrogens with zero attached hydrogens (tertiary/aromatic N) is 1. The summed E-state index contributed by atoms with van der Waals surface area (Å²) in [6, 6.07) is 14.6. The van der Waals surface area contributed by atoms with Crippen LogP contribution in [-0.4, -0.2) is 4.98 Å². The molecular formula is C17H10F2IN. The zero-order valence-electron chi connectivity index (χ0n) is 10.9. The van der Waals surface area contributed by atoms with Crippen LogP contribution < -0.4 is 0 Å². The van der Waals surface area contributed by atoms with E-state index in [0.717, 1.165) is 26.0 Å². The predicted octanol–water partition coefficient (Wildman–Crippen LogP) is 5.30. The van der Waals surface area contributed by atoms with Gasteiger partial charge in [0, 0.05) is 17.3 Å². The van der Waals surface area contributed by atoms with E-state index in [2.05, 4.69) is 27.6 Å². The maximum absolute atomic E-state index is 13.0. The second kappa shape index (κ2) is 5.89. The molecule has 1 heterocycles. The summed E-state index contributed by atoms with van der Waals surface area (Å²) < 4.78 is 26.9. The molecule has 0 bridgehead atoms. The summed E-state index contributed by atoms with van der Waals surface area (Å²) in [4.78, 5) is 4.38. The minimum atomic E-state index is -0.268. The Bertz CT molecular complexity index is 768. The summed E-state index contributed by atoms with van der Waals surface area (Å²) in [5, 5.41) is 0. The standard InChI is InChI=1S/C17H10F2IN/c18-14-5-1-11(2-6-14)13-9-16(17(20)21-10-13)12-3-7-15(19)8-4-12/h1-10H. The van der Waals surface area contributed by atoms with Gasteiger partial charge in [-0.05, 0) is 64.0 Å². The molecular weight excluding hydrogens is 383 g/mol. The Kier molecular flexibility index (Phi) is 3.96. The Morgan fingerprint density at radius 3 is 1.81 bits per heavy atom. The van der Waals surface area contributed by atoms with Gasteiger partial charge in [0.15, 0.2) is 0 Å². The van der Waals surface area contributed by atoms with Gasteiger partial charge in [-0.1, -0.05) is 24.3 Å². The van der Waals surface area contributed by atoms with Crippen molar-refractivity contribution < 1.29 is 8.78 Å². The lowest BCUT2D eigenvalue weighted by Gasteiger charge is -2.08. The summed E-state index contributed by atoms with van der Waals surface area (Å²) in [5.74, 6) is -0.535. The van der Waals surface area contributed by atoms with Crippen molar-refractivity contribution in [1.29, 1.82) is 0 Å². The normalized spacial score (nSPS) is 10.6. The van der Waals surface area contributed by atoms with Gasteiger partial charge < -0.3 is 0 Å². The highest BCUT2D eigenvalue weighted by Gasteiger charge is 2.08. The molecule has 0 radical (unpaired) electrons. The lowest BCUT2D eigenvalue weighted by Crippen LogP contribution is -1.90. The van der Waals surface area contributed by atoms with Crippen LogP contribution in [0.15, 0.2) is 60.8 Å². The SMILES string of the molecule is Fc1ccc(-c2cnc(I)c(-c3ccc(F)cc3)c2)cc1. The average molecular weight is 393 g/mol. The van der Waals surface area contributed by atoms with Gasteiger partial charge >= 0.3 is 0 Å². The number of hydrogen-bond acceptors (Lipinski definition) is 1. The lowest BCUT2D eigenvalue weighted by molar-refractivity contribution is 0.627. The van der Waals surface area contributed by atoms with E-state index >= 15 is 0 Å². The molecule has 104 valence electrons. The number of halogens is 3. The second-order valence-electron chi connectivity index (χ2n) is 4.58. The number of rotatable bonds is 2. The summed E-state index contributed by atoms with van der Waals surface area (Å²) in [5.41, 5.74) is 3.62. The zero-order valence-corrected chi connectivity index (χ0v) is 13.0. The van der Waals surface area contributed by atoms with Crippen LogP contribution in [0, 0.1) is 15.3 Å². The first kappa shape index (κ1) is 14.1. The van der Waals surface area contributed by atoms with Crippen molar-refractivity contribution in [2.75, 3.05) is 0 Å². The monoisotopic (exact) mass is 393 g/mol. The Hall–Kier alpha value is -1.82. The molecule has 0 N–H and O–H groups in total. The number of aromatic nitrogens is 1. The molecule has 0 unspecified atom stereocenters. The summed E-state index contributed by atoms with van der Waals surface area (Å²) in [7, 11) is 0. The van der Waals surface area contributed by atoms with Gasteiger partial charge in [-0.25, -0.2) is 13.8 Å². The molecule has 0 saturated heterocycles. The van der Waals surface area contributed by atoms with Gasteiger partial charge in [-0.15, -0.1) is 0 Å². The molecule has 0 aliphatic carbocycles. The summed E-state index contributed by atoms with van der Waals surface area (Å²) >= 11 is 2.15. The Balaban J connectivity index is 2.07. The molecule has 1 aromatic heterocycles. The fraction of sp³-hybridized carbons (Fsp3) is 0. The lowest BCUT2D eigenvalue weighted by atomic mass is 10.0. The molecule has 0 atom stereocenters. The van der Waals surface area contributed by atoms with Crippen LogP contribution in [0.2, 0.25) is 0 Å². The van der Waals surface area contributed by atoms with E-state index in [1.807, 2.05) is 6.07 Å². The second-order valence-corrected chi connectivity index (χ2v) is 5.60. The highest BCUT2D eigenvalue weighted by atomic mass is 127. The summed E-state index contributed by atoms with van der Waals surface area (Å²) in [6.07, 6.45) is 1.75. The fourth-order valence-corrected chi connectivity index (χ4v) is 2.69. The van der Waals surface area contributed by atoms with Crippen LogP contribution in [-0.2, 0) is 0 Å². The van der Waals surface area contributed by atoms with E-state index in [1.54, 1.807) is 30.5 Å². The van der Waals surface area contributed by atoms with Crippen molar-refractivity contribution >= 4 is 22.6 Å². The molecule has 3 aromatic rings. The van der Waals surface area contributed by atoms with E-state index in [1.165, 1.54) is 24.3 Å². The fourth-order valence-electron chi connectivity index (χ4n) is 2.08. The smallest absolute Gasteiger partial charge is 0.123 e. The topological polar surface area (TPSA) is 12.9 Å². The van der Waals surface area contributed by atoms with Crippen LogP contribution in [0.1, 0.15) is 0 Å². The van der Waals surface area contributed by atoms with Crippen molar-refractivity contribution in [1.82, 2.24) is 4.98 Å². The largest absolute Gasteiger partial charge is 0.249 e. The third kappa shape index (κ3) is 3.10. The minimum absolute atomic E-state index is 0.267. The van der Waals surface area contributed by atoms with Crippen LogP contribution in [0.25, 0.3) is 22.3 Å².